The lowest BCUT2D eigenvalue weighted by Crippen LogP contribution is -2.40. The minimum atomic E-state index is -0.483. The van der Waals surface area contributed by atoms with Gasteiger partial charge >= 0.3 is 0 Å². The lowest BCUT2D eigenvalue weighted by atomic mass is 10.1. The number of non-ortho nitro benzene ring substituents is 1. The highest BCUT2D eigenvalue weighted by Gasteiger charge is 2.24. The van der Waals surface area contributed by atoms with Gasteiger partial charge in [-0.05, 0) is 54.6 Å². The molecule has 1 fully saturated rings. The van der Waals surface area contributed by atoms with Crippen molar-refractivity contribution < 1.29 is 9.72 Å². The summed E-state index contributed by atoms with van der Waals surface area (Å²) < 4.78 is 0.717. The van der Waals surface area contributed by atoms with Gasteiger partial charge in [0.2, 0.25) is 0 Å². The van der Waals surface area contributed by atoms with E-state index in [-0.39, 0.29) is 11.6 Å². The van der Waals surface area contributed by atoms with Gasteiger partial charge in [-0.25, -0.2) is 0 Å². The molecule has 6 nitrogen and oxygen atoms in total. The van der Waals surface area contributed by atoms with Crippen molar-refractivity contribution in [1.29, 1.82) is 0 Å². The predicted octanol–water partition coefficient (Wildman–Crippen LogP) is 2.41. The van der Waals surface area contributed by atoms with Gasteiger partial charge in [0.05, 0.1) is 10.5 Å². The molecule has 0 radical (unpaired) electrons. The van der Waals surface area contributed by atoms with Gasteiger partial charge in [-0.15, -0.1) is 0 Å². The molecular formula is C14H18IN3O3. The van der Waals surface area contributed by atoms with Crippen molar-refractivity contribution in [1.82, 2.24) is 10.2 Å². The zero-order valence-electron chi connectivity index (χ0n) is 11.8. The highest BCUT2D eigenvalue weighted by molar-refractivity contribution is 14.1. The summed E-state index contributed by atoms with van der Waals surface area (Å²) in [4.78, 5) is 24.9. The quantitative estimate of drug-likeness (QED) is 0.466. The topological polar surface area (TPSA) is 75.5 Å². The molecule has 7 heteroatoms. The largest absolute Gasteiger partial charge is 0.350 e. The molecule has 2 rings (SSSR count). The van der Waals surface area contributed by atoms with E-state index in [0.29, 0.717) is 18.2 Å². The van der Waals surface area contributed by atoms with Crippen molar-refractivity contribution in [2.24, 2.45) is 0 Å². The summed E-state index contributed by atoms with van der Waals surface area (Å²) in [5, 5.41) is 13.7. The lowest BCUT2D eigenvalue weighted by Gasteiger charge is -2.22. The zero-order valence-corrected chi connectivity index (χ0v) is 14.0. The van der Waals surface area contributed by atoms with Crippen LogP contribution in [0, 0.1) is 13.7 Å². The van der Waals surface area contributed by atoms with Gasteiger partial charge in [0.15, 0.2) is 0 Å². The van der Waals surface area contributed by atoms with Crippen LogP contribution in [-0.4, -0.2) is 41.4 Å². The number of nitrogens with zero attached hydrogens (tertiary/aromatic N) is 2. The monoisotopic (exact) mass is 403 g/mol. The van der Waals surface area contributed by atoms with Crippen molar-refractivity contribution in [3.63, 3.8) is 0 Å². The molecule has 1 aromatic carbocycles. The predicted molar refractivity (Wildman–Crippen MR) is 88.4 cm³/mol. The molecule has 0 spiro atoms. The minimum Gasteiger partial charge on any atom is -0.350 e. The highest BCUT2D eigenvalue weighted by Crippen LogP contribution is 2.20. The maximum atomic E-state index is 12.2. The van der Waals surface area contributed by atoms with Crippen LogP contribution in [0.25, 0.3) is 0 Å². The smallest absolute Gasteiger partial charge is 0.270 e. The Bertz CT molecular complexity index is 550. The van der Waals surface area contributed by atoms with Gasteiger partial charge in [-0.2, -0.15) is 0 Å². The van der Waals surface area contributed by atoms with Crippen molar-refractivity contribution in [3.05, 3.63) is 37.4 Å². The summed E-state index contributed by atoms with van der Waals surface area (Å²) in [6.45, 7) is 4.76. The fourth-order valence-corrected chi connectivity index (χ4v) is 3.23. The second kappa shape index (κ2) is 7.17. The molecule has 0 aromatic heterocycles. The molecule has 1 unspecified atom stereocenters. The molecular weight excluding hydrogens is 385 g/mol. The van der Waals surface area contributed by atoms with Gasteiger partial charge in [0.25, 0.3) is 11.6 Å². The molecule has 0 aliphatic carbocycles. The summed E-state index contributed by atoms with van der Waals surface area (Å²) in [6.07, 6.45) is 2.24. The SMILES string of the molecule is CCN1CCCC1CNC(=O)c1cc([N+](=O)[O-])ccc1I. The molecule has 1 atom stereocenters. The summed E-state index contributed by atoms with van der Waals surface area (Å²) in [6, 6.07) is 4.72. The fraction of sp³-hybridized carbons (Fsp3) is 0.500. The molecule has 1 saturated heterocycles. The maximum Gasteiger partial charge on any atom is 0.270 e. The van der Waals surface area contributed by atoms with Gasteiger partial charge < -0.3 is 5.32 Å². The number of benzene rings is 1. The summed E-state index contributed by atoms with van der Waals surface area (Å²) in [7, 11) is 0. The van der Waals surface area contributed by atoms with E-state index < -0.39 is 4.92 Å². The molecule has 1 aromatic rings. The fourth-order valence-electron chi connectivity index (χ4n) is 2.65. The van der Waals surface area contributed by atoms with E-state index in [2.05, 4.69) is 17.1 Å². The number of nitro benzene ring substituents is 1. The number of rotatable bonds is 5. The Hall–Kier alpha value is -1.22. The average Bonchev–Trinajstić information content (AvgIpc) is 2.92. The van der Waals surface area contributed by atoms with Crippen molar-refractivity contribution in [2.45, 2.75) is 25.8 Å². The number of amides is 1. The van der Waals surface area contributed by atoms with Crippen LogP contribution in [0.3, 0.4) is 0 Å². The second-order valence-corrected chi connectivity index (χ2v) is 6.22. The van der Waals surface area contributed by atoms with Gasteiger partial charge in [-0.3, -0.25) is 19.8 Å². The first-order valence-corrected chi connectivity index (χ1v) is 8.07. The van der Waals surface area contributed by atoms with Crippen molar-refractivity contribution >= 4 is 34.2 Å². The number of carbonyl (C=O) groups is 1. The molecule has 1 aliphatic rings. The van der Waals surface area contributed by atoms with E-state index in [9.17, 15) is 14.9 Å². The summed E-state index contributed by atoms with van der Waals surface area (Å²) in [5.41, 5.74) is 0.308. The normalized spacial score (nSPS) is 18.7. The van der Waals surface area contributed by atoms with E-state index in [4.69, 9.17) is 0 Å². The second-order valence-electron chi connectivity index (χ2n) is 5.06. The van der Waals surface area contributed by atoms with E-state index in [1.807, 2.05) is 22.6 Å². The van der Waals surface area contributed by atoms with Crippen molar-refractivity contribution in [3.8, 4) is 0 Å². The highest BCUT2D eigenvalue weighted by atomic mass is 127. The first-order valence-electron chi connectivity index (χ1n) is 6.99. The number of carbonyl (C=O) groups excluding carboxylic acids is 1. The van der Waals surface area contributed by atoms with Crippen LogP contribution in [0.5, 0.6) is 0 Å². The summed E-state index contributed by atoms with van der Waals surface area (Å²) in [5.74, 6) is -0.244. The third kappa shape index (κ3) is 3.91. The average molecular weight is 403 g/mol. The molecule has 1 heterocycles. The Labute approximate surface area is 137 Å². The molecule has 1 aliphatic heterocycles. The number of hydrogen-bond acceptors (Lipinski definition) is 4. The third-order valence-electron chi connectivity index (χ3n) is 3.81. The molecule has 0 bridgehead atoms. The van der Waals surface area contributed by atoms with E-state index >= 15 is 0 Å². The Morgan fingerprint density at radius 3 is 3.00 bits per heavy atom. The minimum absolute atomic E-state index is 0.0587. The van der Waals surface area contributed by atoms with Crippen LogP contribution in [0.4, 0.5) is 5.69 Å². The number of halogens is 1. The van der Waals surface area contributed by atoms with Gasteiger partial charge in [0, 0.05) is 28.3 Å². The molecule has 21 heavy (non-hydrogen) atoms. The maximum absolute atomic E-state index is 12.2. The Balaban J connectivity index is 2.03. The third-order valence-corrected chi connectivity index (χ3v) is 4.75. The van der Waals surface area contributed by atoms with E-state index in [1.54, 1.807) is 6.07 Å². The van der Waals surface area contributed by atoms with Crippen molar-refractivity contribution in [2.75, 3.05) is 19.6 Å². The van der Waals surface area contributed by atoms with Gasteiger partial charge in [-0.1, -0.05) is 6.92 Å². The summed E-state index contributed by atoms with van der Waals surface area (Å²) >= 11 is 2.02. The van der Waals surface area contributed by atoms with Crippen LogP contribution >= 0.6 is 22.6 Å². The number of nitro groups is 1. The van der Waals surface area contributed by atoms with Crippen LogP contribution in [0.1, 0.15) is 30.1 Å². The molecule has 0 saturated carbocycles. The number of nitrogens with one attached hydrogen (secondary N) is 1. The molecule has 1 N–H and O–H groups in total. The number of likely N-dealkylation sites (tertiary alicyclic amines) is 1. The molecule has 1 amide bonds. The Morgan fingerprint density at radius 1 is 1.57 bits per heavy atom. The standard InChI is InChI=1S/C14H18IN3O3/c1-2-17-7-3-4-11(17)9-16-14(19)12-8-10(18(20)21)5-6-13(12)15/h5-6,8,11H,2-4,7,9H2,1H3,(H,16,19). The first kappa shape index (κ1) is 16.2. The van der Waals surface area contributed by atoms with Crippen LogP contribution in [-0.2, 0) is 0 Å². The van der Waals surface area contributed by atoms with Gasteiger partial charge in [0.1, 0.15) is 0 Å². The van der Waals surface area contributed by atoms with Crippen LogP contribution in [0.15, 0.2) is 18.2 Å². The first-order chi connectivity index (χ1) is 10.0. The Morgan fingerprint density at radius 2 is 2.33 bits per heavy atom. The van der Waals surface area contributed by atoms with Crippen LogP contribution in [0.2, 0.25) is 0 Å². The zero-order chi connectivity index (χ0) is 15.4. The number of hydrogen-bond donors (Lipinski definition) is 1. The number of likely N-dealkylation sites (N-methyl/N-ethyl adjacent to an activating group) is 1. The molecule has 114 valence electrons. The van der Waals surface area contributed by atoms with E-state index in [0.717, 1.165) is 29.5 Å². The lowest BCUT2D eigenvalue weighted by molar-refractivity contribution is -0.384. The van der Waals surface area contributed by atoms with E-state index in [1.165, 1.54) is 12.1 Å². The Kier molecular flexibility index (Phi) is 5.51. The van der Waals surface area contributed by atoms with Crippen LogP contribution < -0.4 is 5.32 Å².